The van der Waals surface area contributed by atoms with Crippen LogP contribution in [-0.4, -0.2) is 18.1 Å². The summed E-state index contributed by atoms with van der Waals surface area (Å²) in [6.07, 6.45) is 3.96. The van der Waals surface area contributed by atoms with Crippen molar-refractivity contribution in [2.75, 3.05) is 13.2 Å². The summed E-state index contributed by atoms with van der Waals surface area (Å²) < 4.78 is 12.6. The average molecular weight is 229 g/mol. The standard InChI is InChI=1S/C15H16FN/c1-12-8-9-13(2)17(11-10-16)15(12)14-6-4-3-5-7-14/h3-9H,2,10-11H2,1H3. The summed E-state index contributed by atoms with van der Waals surface area (Å²) in [4.78, 5) is 1.94. The number of rotatable bonds is 3. The van der Waals surface area contributed by atoms with Crippen molar-refractivity contribution in [3.05, 3.63) is 65.9 Å². The second-order valence-electron chi connectivity index (χ2n) is 4.06. The van der Waals surface area contributed by atoms with Gasteiger partial charge < -0.3 is 4.90 Å². The minimum absolute atomic E-state index is 0.352. The summed E-state index contributed by atoms with van der Waals surface area (Å²) in [5.41, 5.74) is 4.13. The fourth-order valence-corrected chi connectivity index (χ4v) is 2.07. The number of halogens is 1. The van der Waals surface area contributed by atoms with E-state index in [1.54, 1.807) is 0 Å². The molecule has 0 N–H and O–H groups in total. The van der Waals surface area contributed by atoms with Gasteiger partial charge in [-0.1, -0.05) is 43.0 Å². The lowest BCUT2D eigenvalue weighted by atomic mass is 10.0. The molecule has 17 heavy (non-hydrogen) atoms. The van der Waals surface area contributed by atoms with Gasteiger partial charge in [-0.2, -0.15) is 0 Å². The van der Waals surface area contributed by atoms with Crippen LogP contribution in [0.25, 0.3) is 5.70 Å². The molecule has 1 nitrogen and oxygen atoms in total. The Morgan fingerprint density at radius 3 is 2.53 bits per heavy atom. The number of nitrogens with zero attached hydrogens (tertiary/aromatic N) is 1. The fraction of sp³-hybridized carbons (Fsp3) is 0.200. The first kappa shape index (κ1) is 11.6. The smallest absolute Gasteiger partial charge is 0.107 e. The Balaban J connectivity index is 2.46. The van der Waals surface area contributed by atoms with Crippen LogP contribution in [0.1, 0.15) is 12.5 Å². The summed E-state index contributed by atoms with van der Waals surface area (Å²) >= 11 is 0. The number of alkyl halides is 1. The minimum Gasteiger partial charge on any atom is -0.339 e. The third-order valence-corrected chi connectivity index (χ3v) is 2.87. The quantitative estimate of drug-likeness (QED) is 0.762. The topological polar surface area (TPSA) is 3.24 Å². The third kappa shape index (κ3) is 2.31. The number of allylic oxidation sites excluding steroid dienone is 3. The Morgan fingerprint density at radius 1 is 1.18 bits per heavy atom. The molecule has 0 fully saturated rings. The van der Waals surface area contributed by atoms with E-state index >= 15 is 0 Å². The van der Waals surface area contributed by atoms with Crippen LogP contribution in [0.3, 0.4) is 0 Å². The minimum atomic E-state index is -0.378. The zero-order valence-electron chi connectivity index (χ0n) is 9.99. The maximum absolute atomic E-state index is 12.6. The van der Waals surface area contributed by atoms with E-state index < -0.39 is 0 Å². The highest BCUT2D eigenvalue weighted by atomic mass is 19.1. The molecule has 0 radical (unpaired) electrons. The predicted molar refractivity (Wildman–Crippen MR) is 70.0 cm³/mol. The van der Waals surface area contributed by atoms with Crippen LogP contribution < -0.4 is 0 Å². The van der Waals surface area contributed by atoms with Crippen molar-refractivity contribution in [2.24, 2.45) is 0 Å². The van der Waals surface area contributed by atoms with Gasteiger partial charge in [0.15, 0.2) is 0 Å². The normalized spacial score (nSPS) is 15.6. The van der Waals surface area contributed by atoms with E-state index in [0.29, 0.717) is 6.54 Å². The molecule has 0 unspecified atom stereocenters. The SMILES string of the molecule is C=C1C=CC(C)=C(c2ccccc2)N1CCF. The van der Waals surface area contributed by atoms with Gasteiger partial charge in [0.25, 0.3) is 0 Å². The molecule has 1 aromatic rings. The van der Waals surface area contributed by atoms with Crippen molar-refractivity contribution in [1.82, 2.24) is 4.90 Å². The van der Waals surface area contributed by atoms with Crippen molar-refractivity contribution >= 4 is 5.70 Å². The van der Waals surface area contributed by atoms with Crippen LogP contribution in [0.4, 0.5) is 4.39 Å². The molecule has 0 aromatic heterocycles. The lowest BCUT2D eigenvalue weighted by molar-refractivity contribution is 0.394. The van der Waals surface area contributed by atoms with Gasteiger partial charge in [0, 0.05) is 5.70 Å². The zero-order chi connectivity index (χ0) is 12.3. The van der Waals surface area contributed by atoms with Gasteiger partial charge in [0.2, 0.25) is 0 Å². The van der Waals surface area contributed by atoms with Gasteiger partial charge in [-0.3, -0.25) is 0 Å². The number of benzene rings is 1. The number of hydrogen-bond acceptors (Lipinski definition) is 1. The van der Waals surface area contributed by atoms with Crippen molar-refractivity contribution in [2.45, 2.75) is 6.92 Å². The van der Waals surface area contributed by atoms with E-state index in [-0.39, 0.29) is 6.67 Å². The highest BCUT2D eigenvalue weighted by Gasteiger charge is 2.18. The molecule has 0 saturated heterocycles. The van der Waals surface area contributed by atoms with Gasteiger partial charge in [0.1, 0.15) is 6.67 Å². The molecule has 0 aliphatic carbocycles. The van der Waals surface area contributed by atoms with E-state index in [0.717, 1.165) is 22.5 Å². The van der Waals surface area contributed by atoms with Crippen LogP contribution in [0, 0.1) is 0 Å². The Labute approximate surface area is 102 Å². The van der Waals surface area contributed by atoms with Gasteiger partial charge >= 0.3 is 0 Å². The van der Waals surface area contributed by atoms with E-state index in [1.165, 1.54) is 0 Å². The van der Waals surface area contributed by atoms with Crippen LogP contribution in [0.2, 0.25) is 0 Å². The van der Waals surface area contributed by atoms with E-state index in [2.05, 4.69) is 6.58 Å². The Kier molecular flexibility index (Phi) is 3.43. The molecule has 1 heterocycles. The molecule has 2 rings (SSSR count). The molecule has 0 spiro atoms. The zero-order valence-corrected chi connectivity index (χ0v) is 9.99. The number of hydrogen-bond donors (Lipinski definition) is 0. The van der Waals surface area contributed by atoms with Crippen molar-refractivity contribution < 1.29 is 4.39 Å². The van der Waals surface area contributed by atoms with Crippen LogP contribution >= 0.6 is 0 Å². The fourth-order valence-electron chi connectivity index (χ4n) is 2.07. The molecular weight excluding hydrogens is 213 g/mol. The molecule has 2 heteroatoms. The summed E-state index contributed by atoms with van der Waals surface area (Å²) in [5, 5.41) is 0. The van der Waals surface area contributed by atoms with Crippen molar-refractivity contribution in [1.29, 1.82) is 0 Å². The highest BCUT2D eigenvalue weighted by Crippen LogP contribution is 2.30. The van der Waals surface area contributed by atoms with Crippen LogP contribution in [0.5, 0.6) is 0 Å². The largest absolute Gasteiger partial charge is 0.339 e. The molecule has 88 valence electrons. The van der Waals surface area contributed by atoms with Gasteiger partial charge in [-0.05, 0) is 24.1 Å². The first-order valence-electron chi connectivity index (χ1n) is 5.71. The summed E-state index contributed by atoms with van der Waals surface area (Å²) in [5.74, 6) is 0. The summed E-state index contributed by atoms with van der Waals surface area (Å²) in [7, 11) is 0. The first-order valence-corrected chi connectivity index (χ1v) is 5.71. The second kappa shape index (κ2) is 5.00. The molecule has 1 aliphatic heterocycles. The Morgan fingerprint density at radius 2 is 1.88 bits per heavy atom. The van der Waals surface area contributed by atoms with E-state index in [1.807, 2.05) is 54.3 Å². The van der Waals surface area contributed by atoms with Gasteiger partial charge in [-0.25, -0.2) is 4.39 Å². The van der Waals surface area contributed by atoms with Crippen molar-refractivity contribution in [3.63, 3.8) is 0 Å². The first-order chi connectivity index (χ1) is 8.24. The molecule has 0 atom stereocenters. The van der Waals surface area contributed by atoms with E-state index in [9.17, 15) is 4.39 Å². The van der Waals surface area contributed by atoms with Crippen molar-refractivity contribution in [3.8, 4) is 0 Å². The van der Waals surface area contributed by atoms with Crippen LogP contribution in [0.15, 0.2) is 60.3 Å². The lowest BCUT2D eigenvalue weighted by Crippen LogP contribution is -2.25. The molecule has 1 aromatic carbocycles. The van der Waals surface area contributed by atoms with Gasteiger partial charge in [-0.15, -0.1) is 0 Å². The Bertz CT molecular complexity index is 471. The summed E-state index contributed by atoms with van der Waals surface area (Å²) in [6.45, 7) is 5.97. The predicted octanol–water partition coefficient (Wildman–Crippen LogP) is 3.77. The maximum Gasteiger partial charge on any atom is 0.107 e. The van der Waals surface area contributed by atoms with Gasteiger partial charge in [0.05, 0.1) is 12.2 Å². The highest BCUT2D eigenvalue weighted by molar-refractivity contribution is 5.72. The Hall–Kier alpha value is -1.83. The molecule has 1 aliphatic rings. The monoisotopic (exact) mass is 229 g/mol. The molecule has 0 bridgehead atoms. The molecule has 0 saturated carbocycles. The average Bonchev–Trinajstić information content (AvgIpc) is 2.35. The third-order valence-electron chi connectivity index (χ3n) is 2.87. The maximum atomic E-state index is 12.6. The van der Waals surface area contributed by atoms with Crippen LogP contribution in [-0.2, 0) is 0 Å². The van der Waals surface area contributed by atoms with E-state index in [4.69, 9.17) is 0 Å². The molecule has 0 amide bonds. The summed E-state index contributed by atoms with van der Waals surface area (Å²) in [6, 6.07) is 10.0. The lowest BCUT2D eigenvalue weighted by Gasteiger charge is -2.31. The molecular formula is C15H16FN. The second-order valence-corrected chi connectivity index (χ2v) is 4.06.